The highest BCUT2D eigenvalue weighted by Gasteiger charge is 2.66. The monoisotopic (exact) mass is 1140 g/mol. The largest absolute Gasteiger partial charge is 0.593 e. The number of aryl methyl sites for hydroxylation is 2. The Kier molecular flexibility index (Phi) is 17.3. The molecule has 5 heterocycles. The highest BCUT2D eigenvalue weighted by atomic mass is 32.2. The Morgan fingerprint density at radius 2 is 1.71 bits per heavy atom. The van der Waals surface area contributed by atoms with Gasteiger partial charge in [0.25, 0.3) is 5.91 Å². The van der Waals surface area contributed by atoms with Crippen LogP contribution in [-0.2, 0) is 69.0 Å². The maximum absolute atomic E-state index is 15.2. The van der Waals surface area contributed by atoms with Crippen LogP contribution in [0.4, 0.5) is 0 Å². The number of cyclic esters (lactones) is 1. The van der Waals surface area contributed by atoms with E-state index >= 15 is 9.59 Å². The Morgan fingerprint density at radius 3 is 2.40 bits per heavy atom. The number of likely N-dealkylation sites (N-methyl/N-ethyl adjacent to an activating group) is 2. The summed E-state index contributed by atoms with van der Waals surface area (Å²) in [5, 5.41) is 5.46. The minimum Gasteiger partial charge on any atom is -0.593 e. The van der Waals surface area contributed by atoms with Crippen molar-refractivity contribution in [1.29, 1.82) is 0 Å². The first-order valence-electron chi connectivity index (χ1n) is 29.0. The number of ether oxygens (including phenoxy) is 3. The number of hydrogen-bond acceptors (Lipinski definition) is 13. The van der Waals surface area contributed by atoms with Crippen molar-refractivity contribution < 1.29 is 47.5 Å². The van der Waals surface area contributed by atoms with E-state index < -0.39 is 70.6 Å². The van der Waals surface area contributed by atoms with Crippen LogP contribution in [-0.4, -0.2) is 140 Å². The summed E-state index contributed by atoms with van der Waals surface area (Å²) in [6.07, 6.45) is 7.70. The number of hydrazine groups is 1. The Hall–Kier alpha value is -6.64. The third-order valence-electron chi connectivity index (χ3n) is 17.2. The van der Waals surface area contributed by atoms with E-state index in [1.54, 1.807) is 43.8 Å². The molecule has 18 nitrogen and oxygen atoms in total. The lowest BCUT2D eigenvalue weighted by Crippen LogP contribution is -2.62. The lowest BCUT2D eigenvalue weighted by atomic mass is 9.84. The topological polar surface area (TPSA) is 208 Å². The fourth-order valence-corrected chi connectivity index (χ4v) is 14.2. The van der Waals surface area contributed by atoms with Gasteiger partial charge in [0.15, 0.2) is 10.9 Å². The summed E-state index contributed by atoms with van der Waals surface area (Å²) < 4.78 is 35.7. The van der Waals surface area contributed by atoms with Crippen LogP contribution >= 0.6 is 0 Å². The van der Waals surface area contributed by atoms with Gasteiger partial charge in [0.2, 0.25) is 17.7 Å². The van der Waals surface area contributed by atoms with Gasteiger partial charge >= 0.3 is 11.9 Å². The summed E-state index contributed by atoms with van der Waals surface area (Å²) in [6, 6.07) is 19.2. The van der Waals surface area contributed by atoms with Gasteiger partial charge in [0, 0.05) is 75.7 Å². The number of aromatic nitrogens is 2. The van der Waals surface area contributed by atoms with Crippen molar-refractivity contribution in [3.05, 3.63) is 101 Å². The Morgan fingerprint density at radius 1 is 0.963 bits per heavy atom. The van der Waals surface area contributed by atoms with Crippen LogP contribution in [0, 0.1) is 24.2 Å². The van der Waals surface area contributed by atoms with Crippen molar-refractivity contribution in [2.45, 2.75) is 154 Å². The zero-order valence-electron chi connectivity index (χ0n) is 48.7. The Balaban J connectivity index is 0.991. The van der Waals surface area contributed by atoms with E-state index in [2.05, 4.69) is 54.3 Å². The third-order valence-corrected chi connectivity index (χ3v) is 18.7. The molecule has 2 saturated heterocycles. The first-order chi connectivity index (χ1) is 39.2. The van der Waals surface area contributed by atoms with Crippen LogP contribution in [0.3, 0.4) is 0 Å². The summed E-state index contributed by atoms with van der Waals surface area (Å²) in [5.74, 6) is -2.59. The number of rotatable bonds is 15. The molecule has 6 bridgehead atoms. The molecule has 1 unspecified atom stereocenters. The summed E-state index contributed by atoms with van der Waals surface area (Å²) in [6.45, 7) is 12.1. The standard InChI is InChI=1S/C63H78N8O10S/c1-10-69-52-26-23-43-33-48(52)49(57(69)47-17-13-27-64-54(47)38(3)79-9)34-63(5,6)36-80-62(77)50-18-14-28-70(66-50)60(75)51(31-40-29-44(43)32-45(30-40)81-39(4)72)65-59(74)56(41-15-11-12-16-41)68(8)53(73)35-67(7)61(76)58-55(42-21-22-42)71(58)82(78)46-24-19-37(2)20-25-46/h13,17,19-20,23-27,29-30,32-33,38,41-42,50-51,55-56,58,66H,10-12,14-16,18,21-22,28,31,34-36H2,1-9H3,(H,65,74)/t38-,50-,51-,55+,56-,58+,71?,82+/m0/s1. The van der Waals surface area contributed by atoms with Crippen LogP contribution in [0.25, 0.3) is 33.3 Å². The van der Waals surface area contributed by atoms with Crippen molar-refractivity contribution in [1.82, 2.24) is 39.4 Å². The summed E-state index contributed by atoms with van der Waals surface area (Å²) >= 11 is -1.56. The van der Waals surface area contributed by atoms with Crippen molar-refractivity contribution in [2.75, 3.05) is 40.9 Å². The molecular weight excluding hydrogens is 1060 g/mol. The lowest BCUT2D eigenvalue weighted by Gasteiger charge is -2.37. The number of methoxy groups -OCH3 is 1. The van der Waals surface area contributed by atoms with E-state index in [-0.39, 0.29) is 61.8 Å². The summed E-state index contributed by atoms with van der Waals surface area (Å²) in [7, 11) is 4.81. The number of nitrogens with zero attached hydrogens (tertiary/aromatic N) is 6. The molecule has 4 amide bonds. The quantitative estimate of drug-likeness (QED) is 0.0448. The molecule has 3 aromatic carbocycles. The zero-order valence-corrected chi connectivity index (χ0v) is 49.5. The molecule has 5 aliphatic rings. The molecule has 5 aromatic rings. The van der Waals surface area contributed by atoms with Gasteiger partial charge < -0.3 is 38.4 Å². The Labute approximate surface area is 483 Å². The molecule has 0 spiro atoms. The van der Waals surface area contributed by atoms with E-state index in [1.807, 2.05) is 56.3 Å². The average molecular weight is 1140 g/mol. The molecule has 2 N–H and O–H groups in total. The van der Waals surface area contributed by atoms with Crippen molar-refractivity contribution in [3.8, 4) is 28.1 Å². The molecule has 82 heavy (non-hydrogen) atoms. The zero-order chi connectivity index (χ0) is 58.3. The van der Waals surface area contributed by atoms with Crippen molar-refractivity contribution in [3.63, 3.8) is 0 Å². The molecule has 436 valence electrons. The van der Waals surface area contributed by atoms with Gasteiger partial charge in [0.05, 0.1) is 48.0 Å². The lowest BCUT2D eigenvalue weighted by molar-refractivity contribution is -0.155. The van der Waals surface area contributed by atoms with E-state index in [1.165, 1.54) is 21.7 Å². The second kappa shape index (κ2) is 24.3. The minimum absolute atomic E-state index is 0.0597. The van der Waals surface area contributed by atoms with Crippen LogP contribution in [0.5, 0.6) is 5.75 Å². The fraction of sp³-hybridized carbons (Fsp3) is 0.508. The SMILES string of the molecule is CCn1c(-c2cccnc2[C@H](C)OC)c2c3cc(ccc31)-c1cc(cc(OC(C)=O)c1)C[C@H](NC(=O)[C@H](C1CCCC1)N(C)C(=O)CN(C)C(=O)[C@H]1[C@@H](C3CC3)N1[S@+]([O-])c1ccc(C)cc1)C(=O)N1CCC[C@H](N1)C(=O)OCC(C)(C)C2. The van der Waals surface area contributed by atoms with Gasteiger partial charge in [0.1, 0.15) is 23.9 Å². The molecule has 8 atom stereocenters. The molecule has 4 fully saturated rings. The highest BCUT2D eigenvalue weighted by Crippen LogP contribution is 2.50. The van der Waals surface area contributed by atoms with E-state index in [4.69, 9.17) is 19.2 Å². The summed E-state index contributed by atoms with van der Waals surface area (Å²) in [5.41, 5.74) is 10.4. The van der Waals surface area contributed by atoms with Crippen molar-refractivity contribution in [2.24, 2.45) is 17.3 Å². The third kappa shape index (κ3) is 12.3. The Bertz CT molecular complexity index is 3250. The van der Waals surface area contributed by atoms with Gasteiger partial charge in [-0.3, -0.25) is 38.8 Å². The number of esters is 2. The molecule has 2 aliphatic carbocycles. The van der Waals surface area contributed by atoms with Crippen LogP contribution in [0.2, 0.25) is 0 Å². The normalized spacial score (nSPS) is 23.0. The predicted molar refractivity (Wildman–Crippen MR) is 311 cm³/mol. The minimum atomic E-state index is -1.56. The molecule has 0 radical (unpaired) electrons. The first kappa shape index (κ1) is 58.6. The van der Waals surface area contributed by atoms with Gasteiger partial charge in [-0.15, -0.1) is 4.31 Å². The predicted octanol–water partition coefficient (Wildman–Crippen LogP) is 7.64. The number of amides is 4. The smallest absolute Gasteiger partial charge is 0.324 e. The molecule has 10 rings (SSSR count). The molecular formula is C63H78N8O10S. The van der Waals surface area contributed by atoms with E-state index in [0.717, 1.165) is 70.2 Å². The number of fused-ring (bicyclic) bond motifs is 6. The maximum Gasteiger partial charge on any atom is 0.324 e. The fourth-order valence-electron chi connectivity index (χ4n) is 12.7. The van der Waals surface area contributed by atoms with E-state index in [0.29, 0.717) is 54.7 Å². The van der Waals surface area contributed by atoms with Gasteiger partial charge in [-0.2, -0.15) is 0 Å². The van der Waals surface area contributed by atoms with Gasteiger partial charge in [-0.25, -0.2) is 5.43 Å². The number of carbonyl (C=O) groups excluding carboxylic acids is 6. The highest BCUT2D eigenvalue weighted by molar-refractivity contribution is 7.89. The number of benzene rings is 3. The second-order valence-electron chi connectivity index (χ2n) is 24.0. The molecule has 3 aliphatic heterocycles. The van der Waals surface area contributed by atoms with Crippen LogP contribution in [0.15, 0.2) is 83.9 Å². The molecule has 2 saturated carbocycles. The van der Waals surface area contributed by atoms with E-state index in [9.17, 15) is 23.7 Å². The van der Waals surface area contributed by atoms with Crippen LogP contribution in [0.1, 0.15) is 114 Å². The van der Waals surface area contributed by atoms with Gasteiger partial charge in [-0.05, 0) is 148 Å². The van der Waals surface area contributed by atoms with Crippen molar-refractivity contribution >= 4 is 57.8 Å². The number of hydrogen-bond donors (Lipinski definition) is 2. The molecule has 19 heteroatoms. The maximum atomic E-state index is 15.2. The second-order valence-corrected chi connectivity index (χ2v) is 25.4. The average Bonchev–Trinajstić information content (AvgIpc) is 4.46. The number of pyridine rings is 1. The first-order valence-corrected chi connectivity index (χ1v) is 30.1. The van der Waals surface area contributed by atoms with Crippen LogP contribution < -0.4 is 15.5 Å². The molecule has 2 aromatic heterocycles. The van der Waals surface area contributed by atoms with Gasteiger partial charge in [-0.1, -0.05) is 56.5 Å². The number of carbonyl (C=O) groups is 6. The number of nitrogens with one attached hydrogen (secondary N) is 2. The summed E-state index contributed by atoms with van der Waals surface area (Å²) in [4.78, 5) is 94.3.